The van der Waals surface area contributed by atoms with Crippen LogP contribution in [0, 0.1) is 0 Å². The van der Waals surface area contributed by atoms with Crippen LogP contribution < -0.4 is 4.74 Å². The van der Waals surface area contributed by atoms with E-state index in [1.54, 1.807) is 11.9 Å². The normalized spacial score (nSPS) is 10.6. The second kappa shape index (κ2) is 7.89. The molecule has 0 bridgehead atoms. The zero-order chi connectivity index (χ0) is 15.1. The Balaban J connectivity index is 1.78. The van der Waals surface area contributed by atoms with Gasteiger partial charge in [0.15, 0.2) is 0 Å². The van der Waals surface area contributed by atoms with E-state index < -0.39 is 0 Å². The van der Waals surface area contributed by atoms with Gasteiger partial charge >= 0.3 is 0 Å². The van der Waals surface area contributed by atoms with Crippen LogP contribution in [-0.4, -0.2) is 36.9 Å². The fourth-order valence-electron chi connectivity index (χ4n) is 2.15. The Morgan fingerprint density at radius 1 is 1.19 bits per heavy atom. The average molecular weight is 306 g/mol. The molecule has 0 heterocycles. The molecule has 4 heteroatoms. The van der Waals surface area contributed by atoms with Gasteiger partial charge in [-0.1, -0.05) is 30.3 Å². The van der Waals surface area contributed by atoms with Gasteiger partial charge in [-0.15, -0.1) is 11.6 Å². The molecule has 0 aromatic heterocycles. The molecule has 2 aromatic carbocycles. The Morgan fingerprint density at radius 2 is 1.95 bits per heavy atom. The second-order valence-corrected chi connectivity index (χ2v) is 5.34. The summed E-state index contributed by atoms with van der Waals surface area (Å²) in [5.41, 5.74) is 0. The predicted molar refractivity (Wildman–Crippen MR) is 87.0 cm³/mol. The largest absolute Gasteiger partial charge is 0.494 e. The van der Waals surface area contributed by atoms with Crippen molar-refractivity contribution < 1.29 is 9.53 Å². The first-order valence-corrected chi connectivity index (χ1v) is 7.65. The van der Waals surface area contributed by atoms with Crippen LogP contribution >= 0.6 is 11.6 Å². The van der Waals surface area contributed by atoms with Crippen LogP contribution in [0.2, 0.25) is 0 Å². The third-order valence-electron chi connectivity index (χ3n) is 3.36. The van der Waals surface area contributed by atoms with E-state index in [4.69, 9.17) is 16.3 Å². The minimum Gasteiger partial charge on any atom is -0.494 e. The van der Waals surface area contributed by atoms with Crippen molar-refractivity contribution in [3.8, 4) is 5.75 Å². The van der Waals surface area contributed by atoms with Crippen LogP contribution in [0.25, 0.3) is 10.8 Å². The maximum Gasteiger partial charge on any atom is 0.223 e. The van der Waals surface area contributed by atoms with E-state index in [1.807, 2.05) is 24.3 Å². The molecule has 112 valence electrons. The second-order valence-electron chi connectivity index (χ2n) is 4.97. The fourth-order valence-corrected chi connectivity index (χ4v) is 2.31. The fraction of sp³-hybridized carbons (Fsp3) is 0.353. The van der Waals surface area contributed by atoms with Crippen LogP contribution in [0.3, 0.4) is 0 Å². The van der Waals surface area contributed by atoms with E-state index in [2.05, 4.69) is 18.2 Å². The van der Waals surface area contributed by atoms with Crippen molar-refractivity contribution in [2.24, 2.45) is 0 Å². The lowest BCUT2D eigenvalue weighted by molar-refractivity contribution is -0.129. The zero-order valence-electron chi connectivity index (χ0n) is 12.2. The number of carbonyl (C=O) groups excluding carboxylic acids is 1. The van der Waals surface area contributed by atoms with Gasteiger partial charge in [-0.3, -0.25) is 4.79 Å². The molecule has 0 atom stereocenters. The molecule has 0 aliphatic rings. The maximum absolute atomic E-state index is 11.6. The molecule has 2 rings (SSSR count). The maximum atomic E-state index is 11.6. The van der Waals surface area contributed by atoms with Gasteiger partial charge in [0, 0.05) is 25.9 Å². The molecule has 3 nitrogen and oxygen atoms in total. The summed E-state index contributed by atoms with van der Waals surface area (Å²) in [6.45, 7) is 1.28. The zero-order valence-corrected chi connectivity index (χ0v) is 13.0. The highest BCUT2D eigenvalue weighted by Crippen LogP contribution is 2.20. The Morgan fingerprint density at radius 3 is 2.71 bits per heavy atom. The number of hydrogen-bond donors (Lipinski definition) is 0. The van der Waals surface area contributed by atoms with Crippen LogP contribution in [0.1, 0.15) is 12.8 Å². The smallest absolute Gasteiger partial charge is 0.223 e. The van der Waals surface area contributed by atoms with Gasteiger partial charge in [-0.2, -0.15) is 0 Å². The van der Waals surface area contributed by atoms with Gasteiger partial charge in [-0.05, 0) is 29.3 Å². The molecule has 2 aromatic rings. The Labute approximate surface area is 130 Å². The van der Waals surface area contributed by atoms with Crippen LogP contribution in [0.5, 0.6) is 5.75 Å². The van der Waals surface area contributed by atoms with E-state index in [1.165, 1.54) is 10.8 Å². The van der Waals surface area contributed by atoms with E-state index in [0.29, 0.717) is 25.5 Å². The summed E-state index contributed by atoms with van der Waals surface area (Å²) < 4.78 is 5.74. The summed E-state index contributed by atoms with van der Waals surface area (Å²) in [6.07, 6.45) is 1.20. The number of alkyl halides is 1. The monoisotopic (exact) mass is 305 g/mol. The van der Waals surface area contributed by atoms with Crippen molar-refractivity contribution in [1.82, 2.24) is 4.90 Å². The van der Waals surface area contributed by atoms with Gasteiger partial charge < -0.3 is 9.64 Å². The number of nitrogens with zero attached hydrogens (tertiary/aromatic N) is 1. The average Bonchev–Trinajstić information content (AvgIpc) is 2.51. The molecule has 0 saturated carbocycles. The number of hydrogen-bond acceptors (Lipinski definition) is 2. The lowest BCUT2D eigenvalue weighted by atomic mass is 10.1. The highest BCUT2D eigenvalue weighted by atomic mass is 35.5. The van der Waals surface area contributed by atoms with Crippen LogP contribution in [-0.2, 0) is 4.79 Å². The minimum atomic E-state index is 0.0794. The molecule has 0 fully saturated rings. The standard InChI is InChI=1S/C17H20ClNO2/c1-19(17(20)9-10-18)11-4-12-21-16-8-7-14-5-2-3-6-15(14)13-16/h2-3,5-8,13H,4,9-12H2,1H3. The summed E-state index contributed by atoms with van der Waals surface area (Å²) in [5.74, 6) is 1.32. The Kier molecular flexibility index (Phi) is 5.88. The van der Waals surface area contributed by atoms with Crippen molar-refractivity contribution in [3.63, 3.8) is 0 Å². The molecule has 0 spiro atoms. The first-order chi connectivity index (χ1) is 10.2. The summed E-state index contributed by atoms with van der Waals surface area (Å²) in [4.78, 5) is 13.3. The van der Waals surface area contributed by atoms with E-state index in [-0.39, 0.29) is 5.91 Å². The predicted octanol–water partition coefficient (Wildman–Crippen LogP) is 3.70. The molecule has 21 heavy (non-hydrogen) atoms. The molecule has 0 aliphatic carbocycles. The van der Waals surface area contributed by atoms with Crippen LogP contribution in [0.4, 0.5) is 0 Å². The molecule has 1 amide bonds. The van der Waals surface area contributed by atoms with Gasteiger partial charge in [0.05, 0.1) is 6.61 Å². The van der Waals surface area contributed by atoms with Crippen molar-refractivity contribution in [3.05, 3.63) is 42.5 Å². The van der Waals surface area contributed by atoms with E-state index in [0.717, 1.165) is 12.2 Å². The molecule has 0 N–H and O–H groups in total. The number of halogens is 1. The topological polar surface area (TPSA) is 29.5 Å². The number of fused-ring (bicyclic) bond motifs is 1. The summed E-state index contributed by atoms with van der Waals surface area (Å²) in [6, 6.07) is 14.3. The molecular formula is C17H20ClNO2. The quantitative estimate of drug-likeness (QED) is 0.576. The van der Waals surface area contributed by atoms with Crippen LogP contribution in [0.15, 0.2) is 42.5 Å². The molecule has 0 radical (unpaired) electrons. The molecule has 0 saturated heterocycles. The number of benzene rings is 2. The first-order valence-electron chi connectivity index (χ1n) is 7.12. The first kappa shape index (κ1) is 15.6. The van der Waals surface area contributed by atoms with Crippen molar-refractivity contribution in [1.29, 1.82) is 0 Å². The lowest BCUT2D eigenvalue weighted by Gasteiger charge is -2.16. The number of rotatable bonds is 7. The van der Waals surface area contributed by atoms with Gasteiger partial charge in [0.25, 0.3) is 0 Å². The lowest BCUT2D eigenvalue weighted by Crippen LogP contribution is -2.28. The van der Waals surface area contributed by atoms with Gasteiger partial charge in [0.1, 0.15) is 5.75 Å². The van der Waals surface area contributed by atoms with Crippen molar-refractivity contribution in [2.75, 3.05) is 26.1 Å². The van der Waals surface area contributed by atoms with Crippen molar-refractivity contribution >= 4 is 28.3 Å². The highest BCUT2D eigenvalue weighted by Gasteiger charge is 2.07. The number of ether oxygens (including phenoxy) is 1. The minimum absolute atomic E-state index is 0.0794. The SMILES string of the molecule is CN(CCCOc1ccc2ccccc2c1)C(=O)CCCl. The Bertz CT molecular complexity index is 600. The number of amides is 1. The Hall–Kier alpha value is -1.74. The summed E-state index contributed by atoms with van der Waals surface area (Å²) >= 11 is 5.56. The van der Waals surface area contributed by atoms with Gasteiger partial charge in [-0.25, -0.2) is 0 Å². The molecular weight excluding hydrogens is 286 g/mol. The third-order valence-corrected chi connectivity index (χ3v) is 3.55. The summed E-state index contributed by atoms with van der Waals surface area (Å²) in [5, 5.41) is 2.38. The summed E-state index contributed by atoms with van der Waals surface area (Å²) in [7, 11) is 1.80. The van der Waals surface area contributed by atoms with Gasteiger partial charge in [0.2, 0.25) is 5.91 Å². The number of carbonyl (C=O) groups is 1. The molecule has 0 unspecified atom stereocenters. The van der Waals surface area contributed by atoms with Crippen molar-refractivity contribution in [2.45, 2.75) is 12.8 Å². The van der Waals surface area contributed by atoms with E-state index in [9.17, 15) is 4.79 Å². The van der Waals surface area contributed by atoms with E-state index >= 15 is 0 Å². The third kappa shape index (κ3) is 4.64. The highest BCUT2D eigenvalue weighted by molar-refractivity contribution is 6.18. The molecule has 0 aliphatic heterocycles.